The Kier molecular flexibility index (Phi) is 4.56. The summed E-state index contributed by atoms with van der Waals surface area (Å²) in [5.41, 5.74) is 2.62. The summed E-state index contributed by atoms with van der Waals surface area (Å²) in [5, 5.41) is 7.93. The molecule has 0 saturated carbocycles. The first-order valence-electron chi connectivity index (χ1n) is 10.0. The summed E-state index contributed by atoms with van der Waals surface area (Å²) in [4.78, 5) is 15.5. The highest BCUT2D eigenvalue weighted by Gasteiger charge is 2.46. The van der Waals surface area contributed by atoms with Crippen LogP contribution in [0.15, 0.2) is 67.0 Å². The van der Waals surface area contributed by atoms with Crippen LogP contribution in [-0.4, -0.2) is 47.3 Å². The number of nitrogens with one attached hydrogen (secondary N) is 1. The molecule has 2 aliphatic rings. The minimum Gasteiger partial charge on any atom is -0.494 e. The predicted molar refractivity (Wildman–Crippen MR) is 110 cm³/mol. The van der Waals surface area contributed by atoms with Crippen LogP contribution in [0.5, 0.6) is 5.75 Å². The van der Waals surface area contributed by atoms with E-state index >= 15 is 0 Å². The molecule has 1 aromatic heterocycles. The van der Waals surface area contributed by atoms with Crippen molar-refractivity contribution in [3.8, 4) is 11.4 Å². The smallest absolute Gasteiger partial charge is 0.257 e. The van der Waals surface area contributed by atoms with Gasteiger partial charge in [-0.1, -0.05) is 42.5 Å². The van der Waals surface area contributed by atoms with Gasteiger partial charge in [0.05, 0.1) is 24.9 Å². The maximum absolute atomic E-state index is 13.5. The van der Waals surface area contributed by atoms with Crippen LogP contribution in [0.25, 0.3) is 5.69 Å². The molecule has 0 radical (unpaired) electrons. The third-order valence-electron chi connectivity index (χ3n) is 6.13. The largest absolute Gasteiger partial charge is 0.494 e. The van der Waals surface area contributed by atoms with Crippen molar-refractivity contribution in [2.45, 2.75) is 6.04 Å². The number of nitrogens with zero attached hydrogens (tertiary/aromatic N) is 3. The van der Waals surface area contributed by atoms with Gasteiger partial charge in [-0.3, -0.25) is 4.79 Å². The van der Waals surface area contributed by atoms with E-state index in [1.807, 2.05) is 47.4 Å². The first-order valence-corrected chi connectivity index (χ1v) is 10.0. The van der Waals surface area contributed by atoms with Crippen molar-refractivity contribution >= 4 is 5.91 Å². The molecule has 6 nitrogen and oxygen atoms in total. The molecule has 2 fully saturated rings. The van der Waals surface area contributed by atoms with E-state index in [2.05, 4.69) is 22.5 Å². The van der Waals surface area contributed by atoms with Crippen molar-refractivity contribution in [3.63, 3.8) is 0 Å². The van der Waals surface area contributed by atoms with E-state index in [-0.39, 0.29) is 11.9 Å². The Morgan fingerprint density at radius 3 is 2.72 bits per heavy atom. The topological polar surface area (TPSA) is 59.4 Å². The fraction of sp³-hybridized carbons (Fsp3) is 0.304. The van der Waals surface area contributed by atoms with Crippen LogP contribution in [0.4, 0.5) is 0 Å². The minimum atomic E-state index is 0.0365. The number of ether oxygens (including phenoxy) is 1. The summed E-state index contributed by atoms with van der Waals surface area (Å²) in [7, 11) is 1.63. The van der Waals surface area contributed by atoms with Gasteiger partial charge in [0.1, 0.15) is 11.4 Å². The third kappa shape index (κ3) is 3.09. The second-order valence-electron chi connectivity index (χ2n) is 7.74. The highest BCUT2D eigenvalue weighted by Crippen LogP contribution is 2.43. The van der Waals surface area contributed by atoms with E-state index in [0.29, 0.717) is 17.4 Å². The monoisotopic (exact) mass is 388 g/mol. The van der Waals surface area contributed by atoms with E-state index in [0.717, 1.165) is 31.1 Å². The number of likely N-dealkylation sites (tertiary alicyclic amines) is 1. The molecule has 2 aliphatic heterocycles. The molecule has 1 amide bonds. The molecule has 1 N–H and O–H groups in total. The average molecular weight is 388 g/mol. The van der Waals surface area contributed by atoms with Gasteiger partial charge in [0.25, 0.3) is 5.91 Å². The van der Waals surface area contributed by atoms with E-state index in [1.54, 1.807) is 24.2 Å². The van der Waals surface area contributed by atoms with Crippen molar-refractivity contribution in [2.75, 3.05) is 26.7 Å². The molecule has 0 spiro atoms. The lowest BCUT2D eigenvalue weighted by molar-refractivity contribution is 0.0714. The summed E-state index contributed by atoms with van der Waals surface area (Å²) in [6, 6.07) is 18.1. The number of methoxy groups -OCH3 is 1. The third-order valence-corrected chi connectivity index (χ3v) is 6.13. The molecule has 0 aliphatic carbocycles. The Balaban J connectivity index is 1.46. The first-order chi connectivity index (χ1) is 14.3. The number of aromatic nitrogens is 2. The minimum absolute atomic E-state index is 0.0365. The Bertz CT molecular complexity index is 1020. The van der Waals surface area contributed by atoms with Crippen LogP contribution < -0.4 is 10.1 Å². The molecule has 148 valence electrons. The number of para-hydroxylation sites is 2. The SMILES string of the molecule is COc1ccccc1-n1cc(C(=O)N2C[C@@H]3CNC[C@@H]3[C@@H]2c2ccccc2)cn1. The quantitative estimate of drug-likeness (QED) is 0.747. The highest BCUT2D eigenvalue weighted by molar-refractivity contribution is 5.94. The molecule has 6 heteroatoms. The molecule has 3 atom stereocenters. The Labute approximate surface area is 170 Å². The second-order valence-corrected chi connectivity index (χ2v) is 7.74. The molecule has 0 bridgehead atoms. The van der Waals surface area contributed by atoms with Crippen LogP contribution in [-0.2, 0) is 0 Å². The van der Waals surface area contributed by atoms with Gasteiger partial charge >= 0.3 is 0 Å². The van der Waals surface area contributed by atoms with Gasteiger partial charge < -0.3 is 15.0 Å². The van der Waals surface area contributed by atoms with Gasteiger partial charge in [0.2, 0.25) is 0 Å². The molecule has 29 heavy (non-hydrogen) atoms. The molecule has 2 saturated heterocycles. The summed E-state index contributed by atoms with van der Waals surface area (Å²) in [6.45, 7) is 2.70. The van der Waals surface area contributed by atoms with E-state index in [9.17, 15) is 4.79 Å². The molecule has 5 rings (SSSR count). The van der Waals surface area contributed by atoms with Gasteiger partial charge in [-0.25, -0.2) is 4.68 Å². The van der Waals surface area contributed by atoms with Gasteiger partial charge in [-0.15, -0.1) is 0 Å². The number of amides is 1. The van der Waals surface area contributed by atoms with Crippen molar-refractivity contribution in [1.82, 2.24) is 20.0 Å². The predicted octanol–water partition coefficient (Wildman–Crippen LogP) is 2.91. The number of carbonyl (C=O) groups is 1. The summed E-state index contributed by atoms with van der Waals surface area (Å²) in [6.07, 6.45) is 3.46. The highest BCUT2D eigenvalue weighted by atomic mass is 16.5. The van der Waals surface area contributed by atoms with E-state index in [4.69, 9.17) is 4.74 Å². The Morgan fingerprint density at radius 1 is 1.10 bits per heavy atom. The summed E-state index contributed by atoms with van der Waals surface area (Å²) >= 11 is 0. The number of hydrogen-bond donors (Lipinski definition) is 1. The number of rotatable bonds is 4. The normalized spacial score (nSPS) is 23.2. The average Bonchev–Trinajstić information content (AvgIpc) is 3.49. The molecule has 3 heterocycles. The van der Waals surface area contributed by atoms with Crippen LogP contribution >= 0.6 is 0 Å². The summed E-state index contributed by atoms with van der Waals surface area (Å²) < 4.78 is 7.14. The van der Waals surface area contributed by atoms with Gasteiger partial charge in [0.15, 0.2) is 0 Å². The lowest BCUT2D eigenvalue weighted by atomic mass is 9.89. The zero-order chi connectivity index (χ0) is 19.8. The zero-order valence-electron chi connectivity index (χ0n) is 16.4. The van der Waals surface area contributed by atoms with Gasteiger partial charge in [0, 0.05) is 31.7 Å². The number of hydrogen-bond acceptors (Lipinski definition) is 4. The van der Waals surface area contributed by atoms with Crippen molar-refractivity contribution < 1.29 is 9.53 Å². The van der Waals surface area contributed by atoms with Crippen LogP contribution in [0.3, 0.4) is 0 Å². The van der Waals surface area contributed by atoms with Crippen LogP contribution in [0.2, 0.25) is 0 Å². The Hall–Kier alpha value is -3.12. The first kappa shape index (κ1) is 17.9. The standard InChI is InChI=1S/C23H24N4O2/c1-29-21-10-6-5-9-20(21)27-15-18(12-25-27)23(28)26-14-17-11-24-13-19(17)22(26)16-7-3-2-4-8-16/h2-10,12,15,17,19,22,24H,11,13-14H2,1H3/t17-,19-,22-/m0/s1. The molecule has 0 unspecified atom stereocenters. The molecule has 3 aromatic rings. The molecule has 2 aromatic carbocycles. The second kappa shape index (κ2) is 7.37. The van der Waals surface area contributed by atoms with E-state index in [1.165, 1.54) is 5.56 Å². The fourth-order valence-electron chi connectivity index (χ4n) is 4.76. The molecular weight excluding hydrogens is 364 g/mol. The van der Waals surface area contributed by atoms with Crippen molar-refractivity contribution in [1.29, 1.82) is 0 Å². The summed E-state index contributed by atoms with van der Waals surface area (Å²) in [5.74, 6) is 1.70. The number of carbonyl (C=O) groups excluding carboxylic acids is 1. The van der Waals surface area contributed by atoms with Gasteiger partial charge in [-0.05, 0) is 23.6 Å². The van der Waals surface area contributed by atoms with Crippen molar-refractivity contribution in [2.24, 2.45) is 11.8 Å². The van der Waals surface area contributed by atoms with Crippen molar-refractivity contribution in [3.05, 3.63) is 78.1 Å². The Morgan fingerprint density at radius 2 is 1.90 bits per heavy atom. The number of fused-ring (bicyclic) bond motifs is 1. The van der Waals surface area contributed by atoms with Crippen LogP contribution in [0, 0.1) is 11.8 Å². The molecular formula is C23H24N4O2. The fourth-order valence-corrected chi connectivity index (χ4v) is 4.76. The maximum atomic E-state index is 13.5. The number of benzene rings is 2. The maximum Gasteiger partial charge on any atom is 0.257 e. The zero-order valence-corrected chi connectivity index (χ0v) is 16.4. The van der Waals surface area contributed by atoms with Crippen LogP contribution in [0.1, 0.15) is 22.0 Å². The van der Waals surface area contributed by atoms with E-state index < -0.39 is 0 Å². The lowest BCUT2D eigenvalue weighted by Gasteiger charge is -2.28. The van der Waals surface area contributed by atoms with Gasteiger partial charge in [-0.2, -0.15) is 5.10 Å². The lowest BCUT2D eigenvalue weighted by Crippen LogP contribution is -2.34.